The summed E-state index contributed by atoms with van der Waals surface area (Å²) >= 11 is 0. The molecule has 0 radical (unpaired) electrons. The van der Waals surface area contributed by atoms with Crippen LogP contribution in [0.1, 0.15) is 18.1 Å². The maximum absolute atomic E-state index is 9.10. The number of furan rings is 1. The molecule has 3 heteroatoms. The first kappa shape index (κ1) is 7.83. The van der Waals surface area contributed by atoms with E-state index in [0.717, 1.165) is 12.2 Å². The summed E-state index contributed by atoms with van der Waals surface area (Å²) in [6.45, 7) is 0.698. The lowest BCUT2D eigenvalue weighted by Crippen LogP contribution is -2.21. The SMILES string of the molecule is NC[C@@]1(CO)C[C@@H]1c1ccco1. The van der Waals surface area contributed by atoms with E-state index in [-0.39, 0.29) is 12.0 Å². The Morgan fingerprint density at radius 3 is 3.00 bits per heavy atom. The first-order valence-corrected chi connectivity index (χ1v) is 4.17. The van der Waals surface area contributed by atoms with Crippen molar-refractivity contribution < 1.29 is 9.52 Å². The van der Waals surface area contributed by atoms with Gasteiger partial charge in [0.1, 0.15) is 5.76 Å². The number of hydrogen-bond donors (Lipinski definition) is 2. The Balaban J connectivity index is 2.12. The van der Waals surface area contributed by atoms with Crippen molar-refractivity contribution in [3.8, 4) is 0 Å². The van der Waals surface area contributed by atoms with E-state index < -0.39 is 0 Å². The van der Waals surface area contributed by atoms with Crippen LogP contribution in [0.2, 0.25) is 0 Å². The van der Waals surface area contributed by atoms with Crippen molar-refractivity contribution in [2.75, 3.05) is 13.2 Å². The van der Waals surface area contributed by atoms with Crippen LogP contribution in [-0.2, 0) is 0 Å². The highest BCUT2D eigenvalue weighted by Gasteiger charge is 2.54. The Bertz CT molecular complexity index is 252. The summed E-state index contributed by atoms with van der Waals surface area (Å²) in [6, 6.07) is 3.81. The lowest BCUT2D eigenvalue weighted by Gasteiger charge is -2.08. The van der Waals surface area contributed by atoms with E-state index in [1.165, 1.54) is 0 Å². The Morgan fingerprint density at radius 1 is 1.75 bits per heavy atom. The second kappa shape index (κ2) is 2.61. The molecule has 0 bridgehead atoms. The summed E-state index contributed by atoms with van der Waals surface area (Å²) in [7, 11) is 0. The standard InChI is InChI=1S/C9H13NO2/c10-5-9(6-11)4-7(9)8-2-1-3-12-8/h1-3,7,11H,4-6,10H2/t7-,9-/m1/s1. The maximum Gasteiger partial charge on any atom is 0.107 e. The molecule has 1 heterocycles. The van der Waals surface area contributed by atoms with Crippen molar-refractivity contribution in [3.63, 3.8) is 0 Å². The van der Waals surface area contributed by atoms with Crippen LogP contribution < -0.4 is 5.73 Å². The highest BCUT2D eigenvalue weighted by atomic mass is 16.3. The number of nitrogens with two attached hydrogens (primary N) is 1. The van der Waals surface area contributed by atoms with Gasteiger partial charge >= 0.3 is 0 Å². The van der Waals surface area contributed by atoms with Crippen LogP contribution in [-0.4, -0.2) is 18.3 Å². The molecule has 0 aromatic carbocycles. The molecule has 1 aliphatic rings. The van der Waals surface area contributed by atoms with Crippen LogP contribution in [0.25, 0.3) is 0 Å². The van der Waals surface area contributed by atoms with Gasteiger partial charge < -0.3 is 15.3 Å². The van der Waals surface area contributed by atoms with E-state index in [4.69, 9.17) is 15.3 Å². The Morgan fingerprint density at radius 2 is 2.58 bits per heavy atom. The molecular weight excluding hydrogens is 154 g/mol. The minimum Gasteiger partial charge on any atom is -0.469 e. The first-order chi connectivity index (χ1) is 5.82. The minimum absolute atomic E-state index is 0.0855. The van der Waals surface area contributed by atoms with Gasteiger partial charge in [0.05, 0.1) is 12.9 Å². The predicted octanol–water partition coefficient (Wildman–Crippen LogP) is 0.704. The van der Waals surface area contributed by atoms with Crippen molar-refractivity contribution in [2.24, 2.45) is 11.1 Å². The van der Waals surface area contributed by atoms with Crippen molar-refractivity contribution in [3.05, 3.63) is 24.2 Å². The Labute approximate surface area is 71.2 Å². The first-order valence-electron chi connectivity index (χ1n) is 4.17. The number of aliphatic hydroxyl groups excluding tert-OH is 1. The van der Waals surface area contributed by atoms with Gasteiger partial charge in [-0.05, 0) is 18.6 Å². The highest BCUT2D eigenvalue weighted by Crippen LogP contribution is 2.58. The van der Waals surface area contributed by atoms with Crippen LogP contribution in [0.4, 0.5) is 0 Å². The third kappa shape index (κ3) is 0.974. The molecule has 3 N–H and O–H groups in total. The number of hydrogen-bond acceptors (Lipinski definition) is 3. The van der Waals surface area contributed by atoms with E-state index in [2.05, 4.69) is 0 Å². The smallest absolute Gasteiger partial charge is 0.107 e. The van der Waals surface area contributed by atoms with Gasteiger partial charge in [-0.25, -0.2) is 0 Å². The molecule has 1 fully saturated rings. The Hall–Kier alpha value is -0.800. The third-order valence-corrected chi connectivity index (χ3v) is 2.80. The zero-order valence-corrected chi connectivity index (χ0v) is 6.86. The zero-order chi connectivity index (χ0) is 8.60. The quantitative estimate of drug-likeness (QED) is 0.696. The zero-order valence-electron chi connectivity index (χ0n) is 6.86. The molecule has 2 atom stereocenters. The van der Waals surface area contributed by atoms with Crippen molar-refractivity contribution in [2.45, 2.75) is 12.3 Å². The van der Waals surface area contributed by atoms with Gasteiger partial charge in [0, 0.05) is 17.9 Å². The van der Waals surface area contributed by atoms with Crippen molar-refractivity contribution in [1.29, 1.82) is 0 Å². The Kier molecular flexibility index (Phi) is 1.70. The van der Waals surface area contributed by atoms with Crippen LogP contribution in [0.15, 0.2) is 22.8 Å². The molecule has 0 amide bonds. The molecule has 1 aliphatic carbocycles. The summed E-state index contributed by atoms with van der Waals surface area (Å²) in [5, 5.41) is 9.10. The lowest BCUT2D eigenvalue weighted by atomic mass is 10.0. The largest absolute Gasteiger partial charge is 0.469 e. The molecule has 0 saturated heterocycles. The van der Waals surface area contributed by atoms with Gasteiger partial charge in [-0.15, -0.1) is 0 Å². The molecule has 1 aromatic heterocycles. The normalized spacial score (nSPS) is 33.7. The number of rotatable bonds is 3. The monoisotopic (exact) mass is 167 g/mol. The summed E-state index contributed by atoms with van der Waals surface area (Å²) in [6.07, 6.45) is 2.61. The van der Waals surface area contributed by atoms with Crippen LogP contribution in [0.3, 0.4) is 0 Å². The summed E-state index contributed by atoms with van der Waals surface area (Å²) in [5.41, 5.74) is 5.49. The molecular formula is C9H13NO2. The highest BCUT2D eigenvalue weighted by molar-refractivity contribution is 5.22. The molecule has 0 spiro atoms. The lowest BCUT2D eigenvalue weighted by molar-refractivity contribution is 0.208. The fraction of sp³-hybridized carbons (Fsp3) is 0.556. The van der Waals surface area contributed by atoms with Crippen molar-refractivity contribution >= 4 is 0 Å². The van der Waals surface area contributed by atoms with Gasteiger partial charge in [0.2, 0.25) is 0 Å². The molecule has 3 nitrogen and oxygen atoms in total. The maximum atomic E-state index is 9.10. The topological polar surface area (TPSA) is 59.4 Å². The van der Waals surface area contributed by atoms with Crippen LogP contribution in [0.5, 0.6) is 0 Å². The van der Waals surface area contributed by atoms with E-state index in [9.17, 15) is 0 Å². The second-order valence-corrected chi connectivity index (χ2v) is 3.50. The molecule has 0 aliphatic heterocycles. The number of aliphatic hydroxyl groups is 1. The molecule has 1 aromatic rings. The third-order valence-electron chi connectivity index (χ3n) is 2.80. The second-order valence-electron chi connectivity index (χ2n) is 3.50. The molecule has 12 heavy (non-hydrogen) atoms. The van der Waals surface area contributed by atoms with Crippen LogP contribution in [0, 0.1) is 5.41 Å². The predicted molar refractivity (Wildman–Crippen MR) is 44.6 cm³/mol. The van der Waals surface area contributed by atoms with Gasteiger partial charge in [0.15, 0.2) is 0 Å². The minimum atomic E-state index is -0.0855. The van der Waals surface area contributed by atoms with Gasteiger partial charge in [-0.1, -0.05) is 0 Å². The van der Waals surface area contributed by atoms with Gasteiger partial charge in [-0.2, -0.15) is 0 Å². The van der Waals surface area contributed by atoms with E-state index in [1.807, 2.05) is 12.1 Å². The fourth-order valence-electron chi connectivity index (χ4n) is 1.70. The van der Waals surface area contributed by atoms with Crippen LogP contribution >= 0.6 is 0 Å². The van der Waals surface area contributed by atoms with E-state index >= 15 is 0 Å². The molecule has 0 unspecified atom stereocenters. The average molecular weight is 167 g/mol. The van der Waals surface area contributed by atoms with E-state index in [1.54, 1.807) is 6.26 Å². The molecule has 66 valence electrons. The van der Waals surface area contributed by atoms with Crippen molar-refractivity contribution in [1.82, 2.24) is 0 Å². The average Bonchev–Trinajstić information content (AvgIpc) is 2.59. The summed E-state index contributed by atoms with van der Waals surface area (Å²) < 4.78 is 5.25. The summed E-state index contributed by atoms with van der Waals surface area (Å²) in [4.78, 5) is 0. The van der Waals surface area contributed by atoms with Gasteiger partial charge in [-0.3, -0.25) is 0 Å². The summed E-state index contributed by atoms with van der Waals surface area (Å²) in [5.74, 6) is 1.29. The fourth-order valence-corrected chi connectivity index (χ4v) is 1.70. The molecule has 2 rings (SSSR count). The van der Waals surface area contributed by atoms with Gasteiger partial charge in [0.25, 0.3) is 0 Å². The van der Waals surface area contributed by atoms with E-state index in [0.29, 0.717) is 12.5 Å². The molecule has 1 saturated carbocycles.